The van der Waals surface area contributed by atoms with E-state index in [9.17, 15) is 14.4 Å². The molecule has 9 heteroatoms. The zero-order valence-electron chi connectivity index (χ0n) is 15.6. The molecule has 0 radical (unpaired) electrons. The number of nitrogens with zero attached hydrogens (tertiary/aromatic N) is 1. The number of thiophene rings is 1. The molecule has 2 rings (SSSR count). The van der Waals surface area contributed by atoms with E-state index in [4.69, 9.17) is 14.4 Å². The van der Waals surface area contributed by atoms with Crippen LogP contribution in [0, 0.1) is 39.0 Å². The first-order valence-electron chi connectivity index (χ1n) is 8.00. The molecule has 0 atom stereocenters. The number of aryl methyl sites for hydroxylation is 2. The molecule has 0 unspecified atom stereocenters. The van der Waals surface area contributed by atoms with Crippen LogP contribution in [0.1, 0.15) is 44.6 Å². The molecule has 0 saturated carbocycles. The average molecular weight is 389 g/mol. The van der Waals surface area contributed by atoms with Crippen molar-refractivity contribution in [3.63, 3.8) is 0 Å². The van der Waals surface area contributed by atoms with E-state index in [0.717, 1.165) is 4.88 Å². The number of amides is 2. The second-order valence-corrected chi connectivity index (χ2v) is 7.12. The number of nitriles is 1. The minimum absolute atomic E-state index is 0.0232. The van der Waals surface area contributed by atoms with Crippen LogP contribution in [-0.4, -0.2) is 24.4 Å². The van der Waals surface area contributed by atoms with Crippen molar-refractivity contribution < 1.29 is 23.5 Å². The number of carbonyl (C=O) groups excluding carboxylic acids is 3. The number of carbonyl (C=O) groups is 3. The van der Waals surface area contributed by atoms with Gasteiger partial charge >= 0.3 is 5.97 Å². The van der Waals surface area contributed by atoms with Crippen LogP contribution in [0.2, 0.25) is 0 Å². The lowest BCUT2D eigenvalue weighted by atomic mass is 10.1. The van der Waals surface area contributed by atoms with Crippen molar-refractivity contribution in [2.45, 2.75) is 34.6 Å². The fourth-order valence-electron chi connectivity index (χ4n) is 2.34. The highest BCUT2D eigenvalue weighted by Gasteiger charge is 2.23. The molecule has 2 amide bonds. The molecule has 0 aliphatic rings. The van der Waals surface area contributed by atoms with Gasteiger partial charge in [-0.2, -0.15) is 5.26 Å². The summed E-state index contributed by atoms with van der Waals surface area (Å²) in [6.45, 7) is 7.72. The van der Waals surface area contributed by atoms with Gasteiger partial charge in [0.2, 0.25) is 11.8 Å². The molecule has 27 heavy (non-hydrogen) atoms. The Bertz CT molecular complexity index is 965. The second kappa shape index (κ2) is 8.05. The Morgan fingerprint density at radius 1 is 1.15 bits per heavy atom. The van der Waals surface area contributed by atoms with Gasteiger partial charge in [0.1, 0.15) is 22.4 Å². The van der Waals surface area contributed by atoms with Crippen LogP contribution in [-0.2, 0) is 14.3 Å². The van der Waals surface area contributed by atoms with Crippen LogP contribution in [0.25, 0.3) is 0 Å². The molecular weight excluding hydrogens is 370 g/mol. The molecule has 2 N–H and O–H groups in total. The number of rotatable bonds is 5. The van der Waals surface area contributed by atoms with Crippen LogP contribution in [0.5, 0.6) is 0 Å². The number of esters is 1. The van der Waals surface area contributed by atoms with Gasteiger partial charge in [-0.15, -0.1) is 11.3 Å². The molecular formula is C18H19N3O5S. The molecule has 0 fully saturated rings. The van der Waals surface area contributed by atoms with Gasteiger partial charge in [-0.3, -0.25) is 14.9 Å². The summed E-state index contributed by atoms with van der Waals surface area (Å²) < 4.78 is 10.4. The third-order valence-corrected chi connectivity index (χ3v) is 5.09. The van der Waals surface area contributed by atoms with E-state index < -0.39 is 18.5 Å². The maximum absolute atomic E-state index is 12.4. The number of hydrogen-bond acceptors (Lipinski definition) is 7. The Morgan fingerprint density at radius 2 is 1.81 bits per heavy atom. The first kappa shape index (κ1) is 20.2. The lowest BCUT2D eigenvalue weighted by molar-refractivity contribution is -0.119. The highest BCUT2D eigenvalue weighted by Crippen LogP contribution is 2.33. The van der Waals surface area contributed by atoms with Crippen molar-refractivity contribution in [3.05, 3.63) is 32.9 Å². The summed E-state index contributed by atoms with van der Waals surface area (Å²) in [4.78, 5) is 36.6. The maximum atomic E-state index is 12.4. The van der Waals surface area contributed by atoms with E-state index in [1.807, 2.05) is 13.0 Å². The summed E-state index contributed by atoms with van der Waals surface area (Å²) in [5, 5.41) is 14.5. The lowest BCUT2D eigenvalue weighted by Gasteiger charge is -2.07. The summed E-state index contributed by atoms with van der Waals surface area (Å²) >= 11 is 1.26. The Hall–Kier alpha value is -3.12. The second-order valence-electron chi connectivity index (χ2n) is 5.89. The number of ether oxygens (including phenoxy) is 1. The average Bonchev–Trinajstić information content (AvgIpc) is 3.00. The van der Waals surface area contributed by atoms with Gasteiger partial charge in [-0.25, -0.2) is 4.79 Å². The van der Waals surface area contributed by atoms with Crippen molar-refractivity contribution in [2.75, 3.05) is 17.2 Å². The third-order valence-electron chi connectivity index (χ3n) is 3.96. The summed E-state index contributed by atoms with van der Waals surface area (Å²) in [6.07, 6.45) is 0. The van der Waals surface area contributed by atoms with E-state index >= 15 is 0 Å². The SMILES string of the molecule is CC(=O)Nc1sc(C)c(C)c1C(=O)OCC(=O)Nc1oc(C)c(C)c1C#N. The van der Waals surface area contributed by atoms with Gasteiger partial charge in [-0.05, 0) is 33.3 Å². The zero-order chi connectivity index (χ0) is 20.3. The summed E-state index contributed by atoms with van der Waals surface area (Å²) in [6, 6.07) is 1.96. The normalized spacial score (nSPS) is 10.2. The van der Waals surface area contributed by atoms with Crippen molar-refractivity contribution in [3.8, 4) is 6.07 Å². The molecule has 0 bridgehead atoms. The monoisotopic (exact) mass is 389 g/mol. The predicted molar refractivity (Wildman–Crippen MR) is 99.9 cm³/mol. The predicted octanol–water partition coefficient (Wildman–Crippen LogP) is 3.20. The van der Waals surface area contributed by atoms with Gasteiger partial charge in [0.15, 0.2) is 6.61 Å². The molecule has 0 aliphatic heterocycles. The van der Waals surface area contributed by atoms with Crippen LogP contribution < -0.4 is 10.6 Å². The number of nitrogens with one attached hydrogen (secondary N) is 2. The van der Waals surface area contributed by atoms with Crippen molar-refractivity contribution in [1.82, 2.24) is 0 Å². The highest BCUT2D eigenvalue weighted by molar-refractivity contribution is 7.16. The van der Waals surface area contributed by atoms with E-state index in [2.05, 4.69) is 10.6 Å². The first-order chi connectivity index (χ1) is 12.6. The quantitative estimate of drug-likeness (QED) is 0.757. The van der Waals surface area contributed by atoms with E-state index in [1.165, 1.54) is 18.3 Å². The molecule has 142 valence electrons. The summed E-state index contributed by atoms with van der Waals surface area (Å²) in [5.41, 5.74) is 1.76. The van der Waals surface area contributed by atoms with Crippen LogP contribution in [0.4, 0.5) is 10.9 Å². The number of anilines is 2. The molecule has 2 aromatic rings. The number of hydrogen-bond donors (Lipinski definition) is 2. The molecule has 0 aliphatic carbocycles. The van der Waals surface area contributed by atoms with E-state index in [1.54, 1.807) is 20.8 Å². The minimum Gasteiger partial charge on any atom is -0.452 e. The standard InChI is InChI=1S/C18H19N3O5S/c1-8-10(3)26-16(13(8)6-19)21-14(23)7-25-18(24)15-9(2)11(4)27-17(15)20-12(5)22/h7H2,1-5H3,(H,20,22)(H,21,23). The molecule has 2 aromatic heterocycles. The largest absolute Gasteiger partial charge is 0.452 e. The Morgan fingerprint density at radius 3 is 2.41 bits per heavy atom. The molecule has 2 heterocycles. The topological polar surface area (TPSA) is 121 Å². The van der Waals surface area contributed by atoms with Gasteiger partial charge < -0.3 is 14.5 Å². The fraction of sp³-hybridized carbons (Fsp3) is 0.333. The van der Waals surface area contributed by atoms with Gasteiger partial charge in [0, 0.05) is 17.4 Å². The van der Waals surface area contributed by atoms with Gasteiger partial charge in [0.05, 0.1) is 5.56 Å². The van der Waals surface area contributed by atoms with Crippen LogP contribution in [0.3, 0.4) is 0 Å². The van der Waals surface area contributed by atoms with E-state index in [0.29, 0.717) is 21.9 Å². The van der Waals surface area contributed by atoms with Crippen LogP contribution >= 0.6 is 11.3 Å². The van der Waals surface area contributed by atoms with Gasteiger partial charge in [0.25, 0.3) is 5.91 Å². The van der Waals surface area contributed by atoms with Crippen molar-refractivity contribution in [1.29, 1.82) is 5.26 Å². The first-order valence-corrected chi connectivity index (χ1v) is 8.82. The number of furan rings is 1. The molecule has 0 aromatic carbocycles. The summed E-state index contributed by atoms with van der Waals surface area (Å²) in [7, 11) is 0. The fourth-order valence-corrected chi connectivity index (χ4v) is 3.43. The Balaban J connectivity index is 2.08. The molecule has 0 saturated heterocycles. The maximum Gasteiger partial charge on any atom is 0.341 e. The molecule has 0 spiro atoms. The zero-order valence-corrected chi connectivity index (χ0v) is 16.4. The van der Waals surface area contributed by atoms with Crippen molar-refractivity contribution in [2.24, 2.45) is 0 Å². The summed E-state index contributed by atoms with van der Waals surface area (Å²) in [5.74, 6) is -1.13. The minimum atomic E-state index is -0.719. The van der Waals surface area contributed by atoms with E-state index in [-0.39, 0.29) is 22.9 Å². The third kappa shape index (κ3) is 4.35. The van der Waals surface area contributed by atoms with Gasteiger partial charge in [-0.1, -0.05) is 0 Å². The lowest BCUT2D eigenvalue weighted by Crippen LogP contribution is -2.22. The Kier molecular flexibility index (Phi) is 6.02. The Labute approximate surface area is 160 Å². The highest BCUT2D eigenvalue weighted by atomic mass is 32.1. The smallest absolute Gasteiger partial charge is 0.341 e. The van der Waals surface area contributed by atoms with Crippen molar-refractivity contribution >= 4 is 40.0 Å². The van der Waals surface area contributed by atoms with Crippen LogP contribution in [0.15, 0.2) is 4.42 Å². The molecule has 8 nitrogen and oxygen atoms in total.